The molecule has 0 radical (unpaired) electrons. The average Bonchev–Trinajstić information content (AvgIpc) is 3.31. The maximum Gasteiger partial charge on any atom is 0.343 e. The van der Waals surface area contributed by atoms with Crippen molar-refractivity contribution in [3.05, 3.63) is 24.2 Å². The minimum Gasteiger partial charge on any atom is -0.477 e. The molecule has 152 valence electrons. The summed E-state index contributed by atoms with van der Waals surface area (Å²) in [5, 5.41) is 10.4. The van der Waals surface area contributed by atoms with Gasteiger partial charge in [-0.2, -0.15) is 15.2 Å². The van der Waals surface area contributed by atoms with Crippen molar-refractivity contribution < 1.29 is 14.3 Å². The Labute approximate surface area is 167 Å². The van der Waals surface area contributed by atoms with Gasteiger partial charge < -0.3 is 9.47 Å². The predicted molar refractivity (Wildman–Crippen MR) is 108 cm³/mol. The lowest BCUT2D eigenvalue weighted by atomic mass is 10.1. The van der Waals surface area contributed by atoms with Crippen molar-refractivity contribution in [2.24, 2.45) is 5.92 Å². The SMILES string of the molecule is CCOC(=O)c1cnn2c1nc(OCCC(C)C)c1cnc3c(cnn3CC)c12. The molecule has 0 aliphatic heterocycles. The number of aromatic nitrogens is 6. The summed E-state index contributed by atoms with van der Waals surface area (Å²) >= 11 is 0. The third-order valence-electron chi connectivity index (χ3n) is 4.76. The Morgan fingerprint density at radius 2 is 1.93 bits per heavy atom. The lowest BCUT2D eigenvalue weighted by Gasteiger charge is -2.12. The summed E-state index contributed by atoms with van der Waals surface area (Å²) in [5.41, 5.74) is 2.20. The molecule has 0 saturated heterocycles. The second kappa shape index (κ2) is 7.65. The van der Waals surface area contributed by atoms with Crippen molar-refractivity contribution >= 4 is 33.6 Å². The minimum absolute atomic E-state index is 0.277. The molecule has 0 aliphatic carbocycles. The third kappa shape index (κ3) is 3.26. The molecular formula is C20H24N6O3. The largest absolute Gasteiger partial charge is 0.477 e. The van der Waals surface area contributed by atoms with Crippen LogP contribution in [0.15, 0.2) is 18.6 Å². The summed E-state index contributed by atoms with van der Waals surface area (Å²) in [7, 11) is 0. The summed E-state index contributed by atoms with van der Waals surface area (Å²) in [6, 6.07) is 0. The van der Waals surface area contributed by atoms with Crippen molar-refractivity contribution in [2.75, 3.05) is 13.2 Å². The number of carbonyl (C=O) groups excluding carboxylic acids is 1. The molecule has 0 bridgehead atoms. The minimum atomic E-state index is -0.461. The lowest BCUT2D eigenvalue weighted by Crippen LogP contribution is -2.08. The highest BCUT2D eigenvalue weighted by atomic mass is 16.5. The van der Waals surface area contributed by atoms with Gasteiger partial charge in [-0.3, -0.25) is 0 Å². The monoisotopic (exact) mass is 396 g/mol. The van der Waals surface area contributed by atoms with E-state index in [2.05, 4.69) is 34.0 Å². The number of ether oxygens (including phenoxy) is 2. The Morgan fingerprint density at radius 3 is 2.66 bits per heavy atom. The Morgan fingerprint density at radius 1 is 1.10 bits per heavy atom. The first-order valence-electron chi connectivity index (χ1n) is 9.87. The second-order valence-corrected chi connectivity index (χ2v) is 7.18. The maximum atomic E-state index is 12.4. The van der Waals surface area contributed by atoms with Crippen LogP contribution in [0.5, 0.6) is 5.88 Å². The predicted octanol–water partition coefficient (Wildman–Crippen LogP) is 3.25. The van der Waals surface area contributed by atoms with E-state index in [0.717, 1.165) is 28.4 Å². The van der Waals surface area contributed by atoms with E-state index in [9.17, 15) is 4.79 Å². The lowest BCUT2D eigenvalue weighted by molar-refractivity contribution is 0.0528. The molecular weight excluding hydrogens is 372 g/mol. The van der Waals surface area contributed by atoms with Gasteiger partial charge >= 0.3 is 5.97 Å². The van der Waals surface area contributed by atoms with Crippen LogP contribution in [0.3, 0.4) is 0 Å². The normalized spacial score (nSPS) is 11.8. The average molecular weight is 396 g/mol. The molecule has 0 aliphatic rings. The fraction of sp³-hybridized carbons (Fsp3) is 0.450. The van der Waals surface area contributed by atoms with Crippen LogP contribution in [-0.4, -0.2) is 48.5 Å². The van der Waals surface area contributed by atoms with Gasteiger partial charge in [-0.1, -0.05) is 13.8 Å². The molecule has 0 unspecified atom stereocenters. The van der Waals surface area contributed by atoms with Gasteiger partial charge in [0.15, 0.2) is 11.3 Å². The van der Waals surface area contributed by atoms with Crippen LogP contribution in [0.4, 0.5) is 0 Å². The number of hydrogen-bond donors (Lipinski definition) is 0. The fourth-order valence-electron chi connectivity index (χ4n) is 3.25. The van der Waals surface area contributed by atoms with Crippen molar-refractivity contribution in [1.29, 1.82) is 0 Å². The smallest absolute Gasteiger partial charge is 0.343 e. The van der Waals surface area contributed by atoms with E-state index in [1.807, 2.05) is 11.6 Å². The Kier molecular flexibility index (Phi) is 5.04. The summed E-state index contributed by atoms with van der Waals surface area (Å²) in [5.74, 6) is 0.470. The first-order chi connectivity index (χ1) is 14.0. The molecule has 4 rings (SSSR count). The Bertz CT molecular complexity index is 1190. The highest BCUT2D eigenvalue weighted by molar-refractivity contribution is 6.06. The van der Waals surface area contributed by atoms with Crippen molar-refractivity contribution in [1.82, 2.24) is 29.4 Å². The number of nitrogens with zero attached hydrogens (tertiary/aromatic N) is 6. The fourth-order valence-corrected chi connectivity index (χ4v) is 3.25. The van der Waals surface area contributed by atoms with E-state index in [1.54, 1.807) is 23.8 Å². The van der Waals surface area contributed by atoms with E-state index in [-0.39, 0.29) is 6.61 Å². The Balaban J connectivity index is 1.98. The van der Waals surface area contributed by atoms with Gasteiger partial charge in [0.1, 0.15) is 5.56 Å². The molecule has 0 spiro atoms. The van der Waals surface area contributed by atoms with E-state index in [4.69, 9.17) is 9.47 Å². The van der Waals surface area contributed by atoms with Gasteiger partial charge in [-0.25, -0.2) is 19.0 Å². The molecule has 29 heavy (non-hydrogen) atoms. The number of rotatable bonds is 7. The summed E-state index contributed by atoms with van der Waals surface area (Å²) in [6.07, 6.45) is 5.86. The zero-order valence-corrected chi connectivity index (χ0v) is 17.0. The van der Waals surface area contributed by atoms with E-state index < -0.39 is 5.97 Å². The topological polar surface area (TPSA) is 96.4 Å². The highest BCUT2D eigenvalue weighted by Gasteiger charge is 2.22. The van der Waals surface area contributed by atoms with Crippen LogP contribution in [0.25, 0.3) is 27.6 Å². The number of pyridine rings is 1. The molecule has 4 heterocycles. The molecule has 0 atom stereocenters. The molecule has 0 fully saturated rings. The van der Waals surface area contributed by atoms with Crippen LogP contribution in [0, 0.1) is 5.92 Å². The van der Waals surface area contributed by atoms with Gasteiger partial charge in [-0.15, -0.1) is 0 Å². The number of hydrogen-bond acceptors (Lipinski definition) is 7. The van der Waals surface area contributed by atoms with Crippen LogP contribution < -0.4 is 4.74 Å². The molecule has 0 aromatic carbocycles. The van der Waals surface area contributed by atoms with Gasteiger partial charge in [0.05, 0.1) is 41.9 Å². The molecule has 9 heteroatoms. The molecule has 0 amide bonds. The third-order valence-corrected chi connectivity index (χ3v) is 4.76. The molecule has 4 aromatic heterocycles. The summed E-state index contributed by atoms with van der Waals surface area (Å²) < 4.78 is 14.6. The number of aryl methyl sites for hydroxylation is 1. The Hall–Kier alpha value is -3.23. The van der Waals surface area contributed by atoms with E-state index in [1.165, 1.54) is 6.20 Å². The number of fused-ring (bicyclic) bond motifs is 5. The van der Waals surface area contributed by atoms with E-state index >= 15 is 0 Å². The van der Waals surface area contributed by atoms with Crippen molar-refractivity contribution in [3.8, 4) is 5.88 Å². The van der Waals surface area contributed by atoms with Crippen molar-refractivity contribution in [2.45, 2.75) is 40.7 Å². The standard InChI is InChI=1S/C20H24N6O3/c1-5-25-17-13(10-22-25)16-14(9-21-17)19(29-8-7-12(3)4)24-18-15(11-23-26(16)18)20(27)28-6-2/h9-12H,5-8H2,1-4H3. The van der Waals surface area contributed by atoms with Crippen LogP contribution >= 0.6 is 0 Å². The van der Waals surface area contributed by atoms with Gasteiger partial charge in [0.25, 0.3) is 0 Å². The van der Waals surface area contributed by atoms with Gasteiger partial charge in [0.2, 0.25) is 5.88 Å². The zero-order valence-electron chi connectivity index (χ0n) is 17.0. The first-order valence-corrected chi connectivity index (χ1v) is 9.87. The van der Waals surface area contributed by atoms with Crippen LogP contribution in [-0.2, 0) is 11.3 Å². The molecule has 9 nitrogen and oxygen atoms in total. The van der Waals surface area contributed by atoms with Crippen molar-refractivity contribution in [3.63, 3.8) is 0 Å². The zero-order chi connectivity index (χ0) is 20.5. The second-order valence-electron chi connectivity index (χ2n) is 7.18. The van der Waals surface area contributed by atoms with Gasteiger partial charge in [-0.05, 0) is 26.2 Å². The quantitative estimate of drug-likeness (QED) is 0.442. The van der Waals surface area contributed by atoms with Crippen LogP contribution in [0.1, 0.15) is 44.5 Å². The number of carbonyl (C=O) groups is 1. The van der Waals surface area contributed by atoms with Gasteiger partial charge in [0, 0.05) is 12.7 Å². The number of esters is 1. The van der Waals surface area contributed by atoms with E-state index in [0.29, 0.717) is 36.2 Å². The molecule has 4 aromatic rings. The molecule has 0 N–H and O–H groups in total. The van der Waals surface area contributed by atoms with Crippen LogP contribution in [0.2, 0.25) is 0 Å². The maximum absolute atomic E-state index is 12.4. The molecule has 0 saturated carbocycles. The summed E-state index contributed by atoms with van der Waals surface area (Å²) in [6.45, 7) is 9.54. The first kappa shape index (κ1) is 19.1. The summed E-state index contributed by atoms with van der Waals surface area (Å²) in [4.78, 5) is 21.6. The highest BCUT2D eigenvalue weighted by Crippen LogP contribution is 2.31.